The van der Waals surface area contributed by atoms with Gasteiger partial charge in [0.05, 0.1) is 17.8 Å². The van der Waals surface area contributed by atoms with E-state index < -0.39 is 5.91 Å². The Labute approximate surface area is 106 Å². The summed E-state index contributed by atoms with van der Waals surface area (Å²) in [5, 5.41) is 8.43. The van der Waals surface area contributed by atoms with E-state index in [0.717, 1.165) is 0 Å². The summed E-state index contributed by atoms with van der Waals surface area (Å²) in [6.45, 7) is 6.74. The van der Waals surface area contributed by atoms with Crippen molar-refractivity contribution in [2.24, 2.45) is 0 Å². The molecule has 0 saturated carbocycles. The third-order valence-electron chi connectivity index (χ3n) is 1.97. The number of amides is 1. The van der Waals surface area contributed by atoms with Gasteiger partial charge in [0.15, 0.2) is 0 Å². The molecule has 0 fully saturated rings. The number of ether oxygens (including phenoxy) is 2. The molecule has 0 radical (unpaired) electrons. The van der Waals surface area contributed by atoms with Crippen molar-refractivity contribution in [3.05, 3.63) is 23.9 Å². The molecule has 0 bridgehead atoms. The average molecular weight is 254 g/mol. The van der Waals surface area contributed by atoms with Gasteiger partial charge in [0, 0.05) is 12.3 Å². The molecule has 0 aliphatic rings. The molecule has 1 aromatic heterocycles. The van der Waals surface area contributed by atoms with E-state index >= 15 is 0 Å². The van der Waals surface area contributed by atoms with Crippen LogP contribution in [0.4, 0.5) is 0 Å². The maximum atomic E-state index is 11.0. The van der Waals surface area contributed by atoms with E-state index in [1.165, 1.54) is 17.7 Å². The predicted molar refractivity (Wildman–Crippen MR) is 64.7 cm³/mol. The summed E-state index contributed by atoms with van der Waals surface area (Å²) in [4.78, 5) is 15.0. The molecule has 6 nitrogen and oxygen atoms in total. The number of hydrogen-bond acceptors (Lipinski definition) is 5. The molecular weight excluding hydrogens is 236 g/mol. The van der Waals surface area contributed by atoms with E-state index in [2.05, 4.69) is 4.98 Å². The lowest BCUT2D eigenvalue weighted by molar-refractivity contribution is -0.0168. The second-order valence-electron chi connectivity index (χ2n) is 4.64. The highest BCUT2D eigenvalue weighted by atomic mass is 16.5. The first-order valence-corrected chi connectivity index (χ1v) is 5.59. The van der Waals surface area contributed by atoms with Crippen molar-refractivity contribution >= 4 is 5.91 Å². The van der Waals surface area contributed by atoms with E-state index in [1.54, 1.807) is 6.07 Å². The van der Waals surface area contributed by atoms with Crippen LogP contribution in [0.1, 0.15) is 31.1 Å². The zero-order valence-electron chi connectivity index (χ0n) is 10.8. The average Bonchev–Trinajstić information content (AvgIpc) is 2.33. The summed E-state index contributed by atoms with van der Waals surface area (Å²) < 4.78 is 10.8. The second-order valence-corrected chi connectivity index (χ2v) is 4.64. The number of nitrogens with one attached hydrogen (secondary N) is 1. The topological polar surface area (TPSA) is 80.7 Å². The van der Waals surface area contributed by atoms with Crippen LogP contribution in [0.15, 0.2) is 18.3 Å². The Balaban J connectivity index is 2.38. The van der Waals surface area contributed by atoms with Gasteiger partial charge in [0.25, 0.3) is 5.91 Å². The summed E-state index contributed by atoms with van der Waals surface area (Å²) in [6, 6.07) is 3.07. The minimum Gasteiger partial charge on any atom is -0.475 e. The molecule has 0 saturated heterocycles. The SMILES string of the molecule is CC(C)(C)OCCOc1ccc(C(=O)NO)cn1. The van der Waals surface area contributed by atoms with E-state index in [-0.39, 0.29) is 11.2 Å². The Morgan fingerprint density at radius 3 is 2.61 bits per heavy atom. The number of pyridine rings is 1. The van der Waals surface area contributed by atoms with Crippen molar-refractivity contribution in [1.82, 2.24) is 10.5 Å². The summed E-state index contributed by atoms with van der Waals surface area (Å²) in [5.74, 6) is -0.202. The van der Waals surface area contributed by atoms with Crippen LogP contribution in [0, 0.1) is 0 Å². The van der Waals surface area contributed by atoms with E-state index in [0.29, 0.717) is 19.1 Å². The highest BCUT2D eigenvalue weighted by Gasteiger charge is 2.09. The molecule has 18 heavy (non-hydrogen) atoms. The second kappa shape index (κ2) is 6.32. The van der Waals surface area contributed by atoms with Crippen molar-refractivity contribution in [1.29, 1.82) is 0 Å². The van der Waals surface area contributed by atoms with Crippen LogP contribution in [0.3, 0.4) is 0 Å². The Morgan fingerprint density at radius 2 is 2.11 bits per heavy atom. The molecule has 1 aromatic rings. The third-order valence-corrected chi connectivity index (χ3v) is 1.97. The van der Waals surface area contributed by atoms with Gasteiger partial charge in [-0.2, -0.15) is 0 Å². The molecule has 0 unspecified atom stereocenters. The molecule has 0 atom stereocenters. The van der Waals surface area contributed by atoms with Gasteiger partial charge in [0.1, 0.15) is 6.61 Å². The zero-order chi connectivity index (χ0) is 13.6. The molecule has 0 aliphatic heterocycles. The third kappa shape index (κ3) is 5.11. The summed E-state index contributed by atoms with van der Waals surface area (Å²) in [6.07, 6.45) is 1.32. The van der Waals surface area contributed by atoms with Gasteiger partial charge in [-0.1, -0.05) is 0 Å². The number of rotatable bonds is 5. The van der Waals surface area contributed by atoms with Crippen LogP contribution in [-0.4, -0.2) is 34.9 Å². The lowest BCUT2D eigenvalue weighted by Gasteiger charge is -2.19. The summed E-state index contributed by atoms with van der Waals surface area (Å²) in [7, 11) is 0. The highest BCUT2D eigenvalue weighted by molar-refractivity contribution is 5.92. The van der Waals surface area contributed by atoms with Crippen molar-refractivity contribution in [2.45, 2.75) is 26.4 Å². The fraction of sp³-hybridized carbons (Fsp3) is 0.500. The molecule has 0 aromatic carbocycles. The monoisotopic (exact) mass is 254 g/mol. The Morgan fingerprint density at radius 1 is 1.39 bits per heavy atom. The van der Waals surface area contributed by atoms with Gasteiger partial charge in [0.2, 0.25) is 5.88 Å². The fourth-order valence-corrected chi connectivity index (χ4v) is 1.16. The van der Waals surface area contributed by atoms with Crippen LogP contribution in [0.2, 0.25) is 0 Å². The molecule has 100 valence electrons. The molecule has 1 amide bonds. The van der Waals surface area contributed by atoms with Crippen LogP contribution >= 0.6 is 0 Å². The first kappa shape index (κ1) is 14.4. The standard InChI is InChI=1S/C12H18N2O4/c1-12(2,3)18-7-6-17-10-5-4-9(8-13-10)11(15)14-16/h4-5,8,16H,6-7H2,1-3H3,(H,14,15). The lowest BCUT2D eigenvalue weighted by Crippen LogP contribution is -2.22. The number of hydrogen-bond donors (Lipinski definition) is 2. The van der Waals surface area contributed by atoms with Crippen LogP contribution in [0.5, 0.6) is 5.88 Å². The van der Waals surface area contributed by atoms with Crippen molar-refractivity contribution < 1.29 is 19.5 Å². The molecule has 0 aliphatic carbocycles. The number of carbonyl (C=O) groups is 1. The molecule has 6 heteroatoms. The van der Waals surface area contributed by atoms with E-state index in [9.17, 15) is 4.79 Å². The zero-order valence-corrected chi connectivity index (χ0v) is 10.8. The van der Waals surface area contributed by atoms with Gasteiger partial charge in [-0.3, -0.25) is 10.0 Å². The summed E-state index contributed by atoms with van der Waals surface area (Å²) >= 11 is 0. The number of aromatic nitrogens is 1. The maximum Gasteiger partial charge on any atom is 0.276 e. The predicted octanol–water partition coefficient (Wildman–Crippen LogP) is 1.39. The fourth-order valence-electron chi connectivity index (χ4n) is 1.16. The lowest BCUT2D eigenvalue weighted by atomic mass is 10.2. The quantitative estimate of drug-likeness (QED) is 0.471. The van der Waals surface area contributed by atoms with Crippen molar-refractivity contribution in [2.75, 3.05) is 13.2 Å². The van der Waals surface area contributed by atoms with Crippen LogP contribution in [0.25, 0.3) is 0 Å². The van der Waals surface area contributed by atoms with Gasteiger partial charge in [-0.25, -0.2) is 10.5 Å². The largest absolute Gasteiger partial charge is 0.475 e. The normalized spacial score (nSPS) is 11.1. The maximum absolute atomic E-state index is 11.0. The first-order chi connectivity index (χ1) is 8.42. The highest BCUT2D eigenvalue weighted by Crippen LogP contribution is 2.09. The van der Waals surface area contributed by atoms with Gasteiger partial charge in [-0.05, 0) is 26.8 Å². The Bertz CT molecular complexity index is 384. The molecule has 1 heterocycles. The van der Waals surface area contributed by atoms with Crippen molar-refractivity contribution in [3.63, 3.8) is 0 Å². The van der Waals surface area contributed by atoms with E-state index in [4.69, 9.17) is 14.7 Å². The first-order valence-electron chi connectivity index (χ1n) is 5.59. The minimum absolute atomic E-state index is 0.195. The molecular formula is C12H18N2O4. The minimum atomic E-state index is -0.606. The molecule has 1 rings (SSSR count). The van der Waals surface area contributed by atoms with Crippen LogP contribution < -0.4 is 10.2 Å². The Kier molecular flexibility index (Phi) is 5.06. The summed E-state index contributed by atoms with van der Waals surface area (Å²) in [5.41, 5.74) is 1.60. The van der Waals surface area contributed by atoms with Gasteiger partial charge in [-0.15, -0.1) is 0 Å². The molecule has 0 spiro atoms. The van der Waals surface area contributed by atoms with Crippen LogP contribution in [-0.2, 0) is 4.74 Å². The Hall–Kier alpha value is -1.66. The van der Waals surface area contributed by atoms with Crippen molar-refractivity contribution in [3.8, 4) is 5.88 Å². The smallest absolute Gasteiger partial charge is 0.276 e. The van der Waals surface area contributed by atoms with Gasteiger partial charge >= 0.3 is 0 Å². The number of nitrogens with zero attached hydrogens (tertiary/aromatic N) is 1. The number of hydroxylamine groups is 1. The van der Waals surface area contributed by atoms with Gasteiger partial charge < -0.3 is 9.47 Å². The number of carbonyl (C=O) groups excluding carboxylic acids is 1. The molecule has 2 N–H and O–H groups in total. The van der Waals surface area contributed by atoms with E-state index in [1.807, 2.05) is 20.8 Å².